The summed E-state index contributed by atoms with van der Waals surface area (Å²) in [4.78, 5) is 0. The molecule has 12 heavy (non-hydrogen) atoms. The average Bonchev–Trinajstić information content (AvgIpc) is 2.09. The van der Waals surface area contributed by atoms with Gasteiger partial charge in [-0.1, -0.05) is 35.9 Å². The lowest BCUT2D eigenvalue weighted by atomic mass is 10.1. The lowest BCUT2D eigenvalue weighted by Gasteiger charge is -2.00. The van der Waals surface area contributed by atoms with Crippen molar-refractivity contribution in [1.29, 1.82) is 0 Å². The van der Waals surface area contributed by atoms with Crippen LogP contribution in [0.15, 0.2) is 36.5 Å². The van der Waals surface area contributed by atoms with Crippen LogP contribution in [-0.4, -0.2) is 0 Å². The third kappa shape index (κ3) is 2.79. The van der Waals surface area contributed by atoms with Crippen LogP contribution in [0.4, 0.5) is 0 Å². The first-order chi connectivity index (χ1) is 5.83. The van der Waals surface area contributed by atoms with Crippen molar-refractivity contribution in [2.45, 2.75) is 20.4 Å². The summed E-state index contributed by atoms with van der Waals surface area (Å²) in [6.07, 6.45) is 3.95. The van der Waals surface area contributed by atoms with Crippen molar-refractivity contribution in [2.75, 3.05) is 0 Å². The molecule has 1 heteroatoms. The van der Waals surface area contributed by atoms with Gasteiger partial charge >= 0.3 is 0 Å². The highest BCUT2D eigenvalue weighted by molar-refractivity contribution is 5.21. The second kappa shape index (κ2) is 4.60. The number of benzene rings is 1. The highest BCUT2D eigenvalue weighted by Gasteiger charge is 1.88. The molecule has 1 rings (SSSR count). The monoisotopic (exact) mass is 161 g/mol. The summed E-state index contributed by atoms with van der Waals surface area (Å²) in [7, 11) is 0. The van der Waals surface area contributed by atoms with Crippen molar-refractivity contribution in [2.24, 2.45) is 0 Å². The SMILES string of the molecule is C/C=C/NCc1ccc(C)cc1. The fraction of sp³-hybridized carbons (Fsp3) is 0.273. The third-order valence-corrected chi connectivity index (χ3v) is 1.71. The van der Waals surface area contributed by atoms with E-state index in [2.05, 4.69) is 36.5 Å². The zero-order chi connectivity index (χ0) is 8.81. The first-order valence-corrected chi connectivity index (χ1v) is 4.23. The van der Waals surface area contributed by atoms with E-state index in [-0.39, 0.29) is 0 Å². The lowest BCUT2D eigenvalue weighted by Crippen LogP contribution is -2.03. The summed E-state index contributed by atoms with van der Waals surface area (Å²) in [6, 6.07) is 8.55. The largest absolute Gasteiger partial charge is 0.387 e. The summed E-state index contributed by atoms with van der Waals surface area (Å²) in [5.74, 6) is 0. The van der Waals surface area contributed by atoms with E-state index in [1.54, 1.807) is 0 Å². The van der Waals surface area contributed by atoms with Crippen LogP contribution < -0.4 is 5.32 Å². The molecular formula is C11H15N. The number of aryl methyl sites for hydroxylation is 1. The van der Waals surface area contributed by atoms with Crippen molar-refractivity contribution in [1.82, 2.24) is 5.32 Å². The summed E-state index contributed by atoms with van der Waals surface area (Å²) >= 11 is 0. The molecule has 0 aliphatic carbocycles. The Balaban J connectivity index is 2.47. The van der Waals surface area contributed by atoms with Gasteiger partial charge < -0.3 is 5.32 Å². The predicted molar refractivity (Wildman–Crippen MR) is 52.8 cm³/mol. The van der Waals surface area contributed by atoms with Gasteiger partial charge in [-0.3, -0.25) is 0 Å². The molecule has 64 valence electrons. The molecule has 0 amide bonds. The second-order valence-corrected chi connectivity index (χ2v) is 2.87. The highest BCUT2D eigenvalue weighted by atomic mass is 14.8. The van der Waals surface area contributed by atoms with Crippen LogP contribution in [0, 0.1) is 6.92 Å². The molecule has 0 saturated heterocycles. The lowest BCUT2D eigenvalue weighted by molar-refractivity contribution is 0.868. The van der Waals surface area contributed by atoms with Gasteiger partial charge in [-0.15, -0.1) is 0 Å². The number of hydrogen-bond acceptors (Lipinski definition) is 1. The molecule has 0 atom stereocenters. The van der Waals surface area contributed by atoms with E-state index in [1.807, 2.05) is 19.2 Å². The predicted octanol–water partition coefficient (Wildman–Crippen LogP) is 2.62. The fourth-order valence-electron chi connectivity index (χ4n) is 1.00. The Labute approximate surface area is 74.1 Å². The summed E-state index contributed by atoms with van der Waals surface area (Å²) in [5.41, 5.74) is 2.63. The van der Waals surface area contributed by atoms with E-state index in [4.69, 9.17) is 0 Å². The summed E-state index contributed by atoms with van der Waals surface area (Å²) in [6.45, 7) is 5.01. The zero-order valence-electron chi connectivity index (χ0n) is 7.67. The van der Waals surface area contributed by atoms with Crippen molar-refractivity contribution < 1.29 is 0 Å². The molecule has 0 fully saturated rings. The van der Waals surface area contributed by atoms with Gasteiger partial charge in [-0.25, -0.2) is 0 Å². The molecular weight excluding hydrogens is 146 g/mol. The molecule has 1 aromatic carbocycles. The van der Waals surface area contributed by atoms with Crippen LogP contribution in [0.25, 0.3) is 0 Å². The Hall–Kier alpha value is -1.24. The van der Waals surface area contributed by atoms with Crippen molar-refractivity contribution in [3.63, 3.8) is 0 Å². The molecule has 0 aromatic heterocycles. The Morgan fingerprint density at radius 3 is 2.50 bits per heavy atom. The van der Waals surface area contributed by atoms with Crippen LogP contribution >= 0.6 is 0 Å². The minimum atomic E-state index is 0.907. The fourth-order valence-corrected chi connectivity index (χ4v) is 1.00. The molecule has 0 spiro atoms. The molecule has 1 nitrogen and oxygen atoms in total. The maximum atomic E-state index is 3.19. The Kier molecular flexibility index (Phi) is 3.39. The van der Waals surface area contributed by atoms with E-state index in [1.165, 1.54) is 11.1 Å². The summed E-state index contributed by atoms with van der Waals surface area (Å²) < 4.78 is 0. The smallest absolute Gasteiger partial charge is 0.0395 e. The number of hydrogen-bond donors (Lipinski definition) is 1. The number of nitrogens with one attached hydrogen (secondary N) is 1. The molecule has 0 unspecified atom stereocenters. The van der Waals surface area contributed by atoms with Gasteiger partial charge in [0, 0.05) is 6.54 Å². The van der Waals surface area contributed by atoms with Gasteiger partial charge in [0.25, 0.3) is 0 Å². The molecule has 0 heterocycles. The van der Waals surface area contributed by atoms with Crippen LogP contribution in [0.5, 0.6) is 0 Å². The van der Waals surface area contributed by atoms with Gasteiger partial charge in [0.1, 0.15) is 0 Å². The van der Waals surface area contributed by atoms with Crippen LogP contribution in [0.3, 0.4) is 0 Å². The maximum absolute atomic E-state index is 3.19. The van der Waals surface area contributed by atoms with Gasteiger partial charge in [-0.2, -0.15) is 0 Å². The Morgan fingerprint density at radius 1 is 1.25 bits per heavy atom. The number of allylic oxidation sites excluding steroid dienone is 1. The molecule has 0 bridgehead atoms. The average molecular weight is 161 g/mol. The van der Waals surface area contributed by atoms with E-state index in [9.17, 15) is 0 Å². The Bertz CT molecular complexity index is 246. The number of rotatable bonds is 3. The topological polar surface area (TPSA) is 12.0 Å². The first-order valence-electron chi connectivity index (χ1n) is 4.23. The van der Waals surface area contributed by atoms with Crippen molar-refractivity contribution in [3.05, 3.63) is 47.7 Å². The van der Waals surface area contributed by atoms with Gasteiger partial charge in [0.15, 0.2) is 0 Å². The van der Waals surface area contributed by atoms with E-state index < -0.39 is 0 Å². The molecule has 0 aliphatic rings. The third-order valence-electron chi connectivity index (χ3n) is 1.71. The minimum absolute atomic E-state index is 0.907. The van der Waals surface area contributed by atoms with Crippen molar-refractivity contribution in [3.8, 4) is 0 Å². The molecule has 1 N–H and O–H groups in total. The normalized spacial score (nSPS) is 10.5. The van der Waals surface area contributed by atoms with E-state index in [0.29, 0.717) is 0 Å². The summed E-state index contributed by atoms with van der Waals surface area (Å²) in [5, 5.41) is 3.19. The standard InChI is InChI=1S/C11H15N/c1-3-8-12-9-11-6-4-10(2)5-7-11/h3-8,12H,9H2,1-2H3/b8-3+. The van der Waals surface area contributed by atoms with Crippen LogP contribution in [0.2, 0.25) is 0 Å². The molecule has 0 radical (unpaired) electrons. The van der Waals surface area contributed by atoms with Gasteiger partial charge in [0.05, 0.1) is 0 Å². The van der Waals surface area contributed by atoms with E-state index >= 15 is 0 Å². The maximum Gasteiger partial charge on any atom is 0.0395 e. The van der Waals surface area contributed by atoms with E-state index in [0.717, 1.165) is 6.54 Å². The highest BCUT2D eigenvalue weighted by Crippen LogP contribution is 2.01. The Morgan fingerprint density at radius 2 is 1.92 bits per heavy atom. The molecule has 1 aromatic rings. The first kappa shape index (κ1) is 8.85. The van der Waals surface area contributed by atoms with Gasteiger partial charge in [0.2, 0.25) is 0 Å². The quantitative estimate of drug-likeness (QED) is 0.718. The van der Waals surface area contributed by atoms with Gasteiger partial charge in [-0.05, 0) is 25.6 Å². The zero-order valence-corrected chi connectivity index (χ0v) is 7.67. The van der Waals surface area contributed by atoms with Crippen LogP contribution in [-0.2, 0) is 6.54 Å². The van der Waals surface area contributed by atoms with Crippen LogP contribution in [0.1, 0.15) is 18.1 Å². The second-order valence-electron chi connectivity index (χ2n) is 2.87. The minimum Gasteiger partial charge on any atom is -0.387 e. The molecule has 0 saturated carbocycles. The molecule has 0 aliphatic heterocycles. The van der Waals surface area contributed by atoms with Crippen molar-refractivity contribution >= 4 is 0 Å².